The molecular weight excluding hydrogens is 197 g/mol. The van der Waals surface area contributed by atoms with Crippen LogP contribution in [0.1, 0.15) is 37.7 Å². The van der Waals surface area contributed by atoms with Crippen LogP contribution in [0, 0.1) is 5.82 Å². The van der Waals surface area contributed by atoms with Crippen molar-refractivity contribution in [3.8, 4) is 0 Å². The van der Waals surface area contributed by atoms with E-state index in [0.717, 1.165) is 19.0 Å². The van der Waals surface area contributed by atoms with E-state index in [1.54, 1.807) is 0 Å². The van der Waals surface area contributed by atoms with E-state index in [-0.39, 0.29) is 5.56 Å². The van der Waals surface area contributed by atoms with Gasteiger partial charge in [-0.25, -0.2) is 4.39 Å². The van der Waals surface area contributed by atoms with Crippen molar-refractivity contribution in [3.05, 3.63) is 29.8 Å². The first-order chi connectivity index (χ1) is 7.16. The summed E-state index contributed by atoms with van der Waals surface area (Å²) in [5.41, 5.74) is 0.228. The molecule has 0 radical (unpaired) electrons. The van der Waals surface area contributed by atoms with Gasteiger partial charge in [-0.15, -0.1) is 0 Å². The van der Waals surface area contributed by atoms with Crippen molar-refractivity contribution in [2.75, 3.05) is 0 Å². The topological polar surface area (TPSA) is 50.2 Å². The average molecular weight is 211 g/mol. The summed E-state index contributed by atoms with van der Waals surface area (Å²) in [5, 5.41) is 8.99. The summed E-state index contributed by atoms with van der Waals surface area (Å²) in [4.78, 5) is 14.6. The van der Waals surface area contributed by atoms with E-state index in [0.29, 0.717) is 6.42 Å². The van der Waals surface area contributed by atoms with E-state index in [2.05, 4.69) is 4.98 Å². The van der Waals surface area contributed by atoms with Gasteiger partial charge in [0.05, 0.1) is 12.1 Å². The van der Waals surface area contributed by atoms with Crippen LogP contribution in [0.3, 0.4) is 0 Å². The minimum absolute atomic E-state index is 0.228. The van der Waals surface area contributed by atoms with Crippen LogP contribution in [0.2, 0.25) is 0 Å². The fraction of sp³-hybridized carbons (Fsp3) is 0.455. The minimum Gasteiger partial charge on any atom is -0.481 e. The Morgan fingerprint density at radius 1 is 1.67 bits per heavy atom. The molecule has 1 aromatic rings. The molecule has 0 aliphatic heterocycles. The normalized spacial score (nSPS) is 12.4. The van der Waals surface area contributed by atoms with Gasteiger partial charge in [0.2, 0.25) is 0 Å². The minimum atomic E-state index is -0.978. The Morgan fingerprint density at radius 3 is 2.93 bits per heavy atom. The molecule has 0 spiro atoms. The van der Waals surface area contributed by atoms with Crippen LogP contribution in [0.4, 0.5) is 4.39 Å². The van der Waals surface area contributed by atoms with Crippen molar-refractivity contribution >= 4 is 5.97 Å². The highest BCUT2D eigenvalue weighted by Gasteiger charge is 2.22. The Hall–Kier alpha value is -1.45. The van der Waals surface area contributed by atoms with Crippen LogP contribution in [0.5, 0.6) is 0 Å². The summed E-state index contributed by atoms with van der Waals surface area (Å²) in [7, 11) is 0. The maximum atomic E-state index is 13.3. The SMILES string of the molecule is CCCCC(C(=O)O)c1ccncc1F. The van der Waals surface area contributed by atoms with Crippen LogP contribution < -0.4 is 0 Å². The summed E-state index contributed by atoms with van der Waals surface area (Å²) in [5.74, 6) is -2.28. The first-order valence-electron chi connectivity index (χ1n) is 4.99. The van der Waals surface area contributed by atoms with Gasteiger partial charge in [0.1, 0.15) is 5.82 Å². The van der Waals surface area contributed by atoms with Gasteiger partial charge in [-0.2, -0.15) is 0 Å². The lowest BCUT2D eigenvalue weighted by Gasteiger charge is -2.12. The second kappa shape index (κ2) is 5.44. The lowest BCUT2D eigenvalue weighted by molar-refractivity contribution is -0.139. The first-order valence-corrected chi connectivity index (χ1v) is 4.99. The molecule has 0 fully saturated rings. The number of hydrogen-bond acceptors (Lipinski definition) is 2. The van der Waals surface area contributed by atoms with Crippen molar-refractivity contribution in [1.29, 1.82) is 0 Å². The van der Waals surface area contributed by atoms with Gasteiger partial charge in [0, 0.05) is 11.8 Å². The molecule has 1 rings (SSSR count). The average Bonchev–Trinajstić information content (AvgIpc) is 2.20. The monoisotopic (exact) mass is 211 g/mol. The number of unbranched alkanes of at least 4 members (excludes halogenated alkanes) is 1. The number of aromatic nitrogens is 1. The third-order valence-electron chi connectivity index (χ3n) is 2.32. The molecular formula is C11H14FNO2. The van der Waals surface area contributed by atoms with Crippen molar-refractivity contribution in [2.24, 2.45) is 0 Å². The predicted octanol–water partition coefficient (Wildman–Crippen LogP) is 2.58. The number of carboxylic acids is 1. The quantitative estimate of drug-likeness (QED) is 0.814. The molecule has 0 aliphatic carbocycles. The fourth-order valence-electron chi connectivity index (χ4n) is 1.49. The zero-order valence-corrected chi connectivity index (χ0v) is 8.61. The molecule has 15 heavy (non-hydrogen) atoms. The molecule has 0 aromatic carbocycles. The van der Waals surface area contributed by atoms with Crippen molar-refractivity contribution in [3.63, 3.8) is 0 Å². The van der Waals surface area contributed by atoms with E-state index in [1.165, 1.54) is 12.3 Å². The Labute approximate surface area is 88.0 Å². The zero-order valence-electron chi connectivity index (χ0n) is 8.61. The van der Waals surface area contributed by atoms with E-state index >= 15 is 0 Å². The molecule has 3 nitrogen and oxygen atoms in total. The molecule has 0 saturated heterocycles. The number of carbonyl (C=O) groups is 1. The van der Waals surface area contributed by atoms with E-state index in [1.807, 2.05) is 6.92 Å². The van der Waals surface area contributed by atoms with Gasteiger partial charge < -0.3 is 5.11 Å². The molecule has 82 valence electrons. The van der Waals surface area contributed by atoms with Gasteiger partial charge in [0.25, 0.3) is 0 Å². The smallest absolute Gasteiger partial charge is 0.311 e. The zero-order chi connectivity index (χ0) is 11.3. The predicted molar refractivity (Wildman–Crippen MR) is 54.1 cm³/mol. The maximum absolute atomic E-state index is 13.3. The summed E-state index contributed by atoms with van der Waals surface area (Å²) in [6.45, 7) is 1.97. The van der Waals surface area contributed by atoms with Crippen LogP contribution in [0.15, 0.2) is 18.5 Å². The Bertz CT molecular complexity index is 341. The van der Waals surface area contributed by atoms with Gasteiger partial charge in [-0.1, -0.05) is 19.8 Å². The highest BCUT2D eigenvalue weighted by molar-refractivity contribution is 5.76. The third kappa shape index (κ3) is 3.01. The van der Waals surface area contributed by atoms with Gasteiger partial charge in [0.15, 0.2) is 0 Å². The number of aliphatic carboxylic acids is 1. The van der Waals surface area contributed by atoms with Gasteiger partial charge in [-0.05, 0) is 12.5 Å². The lowest BCUT2D eigenvalue weighted by Crippen LogP contribution is -2.13. The maximum Gasteiger partial charge on any atom is 0.311 e. The molecule has 1 unspecified atom stereocenters. The standard InChI is InChI=1S/C11H14FNO2/c1-2-3-4-9(11(14)15)8-5-6-13-7-10(8)12/h5-7,9H,2-4H2,1H3,(H,14,15). The van der Waals surface area contributed by atoms with Gasteiger partial charge in [-0.3, -0.25) is 9.78 Å². The number of halogens is 1. The van der Waals surface area contributed by atoms with Crippen molar-refractivity contribution in [1.82, 2.24) is 4.98 Å². The number of carboxylic acid groups (broad SMARTS) is 1. The third-order valence-corrected chi connectivity index (χ3v) is 2.32. The highest BCUT2D eigenvalue weighted by Crippen LogP contribution is 2.24. The Balaban J connectivity index is 2.89. The van der Waals surface area contributed by atoms with Crippen LogP contribution >= 0.6 is 0 Å². The molecule has 0 saturated carbocycles. The first kappa shape index (κ1) is 11.6. The number of hydrogen-bond donors (Lipinski definition) is 1. The molecule has 0 bridgehead atoms. The molecule has 0 amide bonds. The number of nitrogens with zero attached hydrogens (tertiary/aromatic N) is 1. The van der Waals surface area contributed by atoms with Crippen LogP contribution in [0.25, 0.3) is 0 Å². The van der Waals surface area contributed by atoms with Crippen LogP contribution in [-0.2, 0) is 4.79 Å². The number of rotatable bonds is 5. The van der Waals surface area contributed by atoms with Crippen molar-refractivity contribution < 1.29 is 14.3 Å². The molecule has 1 aromatic heterocycles. The van der Waals surface area contributed by atoms with Gasteiger partial charge >= 0.3 is 5.97 Å². The van der Waals surface area contributed by atoms with E-state index < -0.39 is 17.7 Å². The molecule has 1 atom stereocenters. The second-order valence-electron chi connectivity index (χ2n) is 3.43. The van der Waals surface area contributed by atoms with E-state index in [4.69, 9.17) is 5.11 Å². The molecule has 1 N–H and O–H groups in total. The molecule has 1 heterocycles. The Kier molecular flexibility index (Phi) is 4.21. The second-order valence-corrected chi connectivity index (χ2v) is 3.43. The Morgan fingerprint density at radius 2 is 2.40 bits per heavy atom. The van der Waals surface area contributed by atoms with Crippen LogP contribution in [-0.4, -0.2) is 16.1 Å². The van der Waals surface area contributed by atoms with E-state index in [9.17, 15) is 9.18 Å². The molecule has 0 aliphatic rings. The molecule has 4 heteroatoms. The fourth-order valence-corrected chi connectivity index (χ4v) is 1.49. The van der Waals surface area contributed by atoms with Crippen molar-refractivity contribution in [2.45, 2.75) is 32.1 Å². The summed E-state index contributed by atoms with van der Waals surface area (Å²) in [6, 6.07) is 1.43. The lowest BCUT2D eigenvalue weighted by atomic mass is 9.94. The largest absolute Gasteiger partial charge is 0.481 e. The number of pyridine rings is 1. The highest BCUT2D eigenvalue weighted by atomic mass is 19.1. The summed E-state index contributed by atoms with van der Waals surface area (Å²) < 4.78 is 13.3. The summed E-state index contributed by atoms with van der Waals surface area (Å²) >= 11 is 0. The summed E-state index contributed by atoms with van der Waals surface area (Å²) in [6.07, 6.45) is 4.61.